The predicted molar refractivity (Wildman–Crippen MR) is 214 cm³/mol. The van der Waals surface area contributed by atoms with Crippen LogP contribution in [0.15, 0.2) is 0 Å². The molecule has 11 heteroatoms. The second kappa shape index (κ2) is 37.5. The average molecular weight is 759 g/mol. The topological polar surface area (TPSA) is 151 Å². The molecule has 0 saturated heterocycles. The van der Waals surface area contributed by atoms with Crippen LogP contribution in [0.4, 0.5) is 0 Å². The second-order valence-electron chi connectivity index (χ2n) is 14.5. The fourth-order valence-corrected chi connectivity index (χ4v) is 6.50. The lowest BCUT2D eigenvalue weighted by Gasteiger charge is -2.22. The normalized spacial score (nSPS) is 12.5. The van der Waals surface area contributed by atoms with Crippen LogP contribution in [-0.4, -0.2) is 71.3 Å². The van der Waals surface area contributed by atoms with Crippen LogP contribution in [0, 0.1) is 0 Å². The van der Waals surface area contributed by atoms with Gasteiger partial charge in [-0.15, -0.1) is 0 Å². The number of carbonyl (C=O) groups is 4. The Bertz CT molecular complexity index is 834. The Morgan fingerprint density at radius 3 is 1.21 bits per heavy atom. The highest BCUT2D eigenvalue weighted by atomic mass is 32.1. The molecule has 1 amide bonds. The van der Waals surface area contributed by atoms with Crippen LogP contribution >= 0.6 is 12.6 Å². The van der Waals surface area contributed by atoms with Crippen LogP contribution in [0.25, 0.3) is 0 Å². The third kappa shape index (κ3) is 31.7. The zero-order valence-electron chi connectivity index (χ0n) is 33.2. The van der Waals surface area contributed by atoms with Crippen LogP contribution in [0.3, 0.4) is 0 Å². The number of nitrogens with one attached hydrogen (secondary N) is 2. The predicted octanol–water partition coefficient (Wildman–Crippen LogP) is 9.20. The molecule has 0 spiro atoms. The molecule has 4 N–H and O–H groups in total. The number of aliphatic hydroxyl groups excluding tert-OH is 1. The van der Waals surface area contributed by atoms with E-state index in [1.165, 1.54) is 128 Å². The number of aliphatic hydroxyl groups is 1. The van der Waals surface area contributed by atoms with E-state index in [9.17, 15) is 24.3 Å². The number of carboxylic acid groups (broad SMARTS) is 1. The van der Waals surface area contributed by atoms with Crippen molar-refractivity contribution in [2.75, 3.05) is 18.9 Å². The number of hydrogen-bond donors (Lipinski definition) is 5. The summed E-state index contributed by atoms with van der Waals surface area (Å²) in [5, 5.41) is 23.6. The number of rotatable bonds is 39. The van der Waals surface area contributed by atoms with Gasteiger partial charge in [0.05, 0.1) is 12.6 Å². The zero-order chi connectivity index (χ0) is 38.5. The van der Waals surface area contributed by atoms with E-state index in [1.807, 2.05) is 0 Å². The van der Waals surface area contributed by atoms with E-state index in [2.05, 4.69) is 37.1 Å². The van der Waals surface area contributed by atoms with Gasteiger partial charge in [0, 0.05) is 31.6 Å². The molecular formula is C41H78N2O8S. The molecule has 0 radical (unpaired) electrons. The van der Waals surface area contributed by atoms with Crippen molar-refractivity contribution in [3.05, 3.63) is 0 Å². The van der Waals surface area contributed by atoms with Gasteiger partial charge in [0.1, 0.15) is 6.04 Å². The summed E-state index contributed by atoms with van der Waals surface area (Å²) in [7, 11) is 0. The maximum atomic E-state index is 12.7. The Hall–Kier alpha value is -1.85. The molecule has 2 atom stereocenters. The lowest BCUT2D eigenvalue weighted by molar-refractivity contribution is -0.189. The van der Waals surface area contributed by atoms with Crippen molar-refractivity contribution in [3.8, 4) is 0 Å². The van der Waals surface area contributed by atoms with Gasteiger partial charge in [0.15, 0.2) is 0 Å². The number of thiol groups is 1. The molecule has 0 aliphatic carbocycles. The van der Waals surface area contributed by atoms with Gasteiger partial charge in [-0.2, -0.15) is 12.6 Å². The third-order valence-electron chi connectivity index (χ3n) is 9.56. The summed E-state index contributed by atoms with van der Waals surface area (Å²) in [4.78, 5) is 49.1. The van der Waals surface area contributed by atoms with Gasteiger partial charge < -0.3 is 30.3 Å². The number of unbranched alkanes of at least 4 members (excludes halogenated alkanes) is 24. The van der Waals surface area contributed by atoms with Gasteiger partial charge in [0.2, 0.25) is 12.2 Å². The number of hydrogen-bond acceptors (Lipinski definition) is 9. The maximum Gasteiger partial charge on any atom is 0.328 e. The molecule has 0 heterocycles. The van der Waals surface area contributed by atoms with E-state index in [1.54, 1.807) is 0 Å². The SMILES string of the molecule is CCCCCCCCCCCCCCCC(=O)OC(CCN[C@@H](CS)C(=O)N[C@@H](CO)C(=O)O)OC(=O)CCCCCCCCCCCCCCC. The first-order chi connectivity index (χ1) is 25.3. The Balaban J connectivity index is 4.56. The van der Waals surface area contributed by atoms with E-state index in [0.29, 0.717) is 12.8 Å². The molecule has 0 aromatic heterocycles. The van der Waals surface area contributed by atoms with Crippen LogP contribution in [0.1, 0.15) is 200 Å². The van der Waals surface area contributed by atoms with E-state index in [4.69, 9.17) is 14.6 Å². The molecule has 0 aliphatic heterocycles. The Labute approximate surface area is 322 Å². The van der Waals surface area contributed by atoms with Crippen LogP contribution in [0.5, 0.6) is 0 Å². The summed E-state index contributed by atoms with van der Waals surface area (Å²) in [6, 6.07) is -2.29. The summed E-state index contributed by atoms with van der Waals surface area (Å²) in [5.41, 5.74) is 0. The monoisotopic (exact) mass is 759 g/mol. The number of esters is 2. The standard InChI is InChI=1S/C41H78N2O8S/c1-3-5-7-9-11-13-15-17-19-21-23-25-27-29-37(45)50-39(31-32-42-36(34-52)40(47)43-35(33-44)41(48)49)51-38(46)30-28-26-24-22-20-18-16-14-12-10-8-6-4-2/h35-36,39,42,44,52H,3-34H2,1-2H3,(H,43,47)(H,48,49)/t35-,36-/m0/s1. The molecule has 0 aliphatic rings. The Morgan fingerprint density at radius 2 is 0.904 bits per heavy atom. The zero-order valence-corrected chi connectivity index (χ0v) is 34.0. The lowest BCUT2D eigenvalue weighted by atomic mass is 10.0. The van der Waals surface area contributed by atoms with E-state index in [-0.39, 0.29) is 31.6 Å². The van der Waals surface area contributed by atoms with Gasteiger partial charge in [-0.05, 0) is 12.8 Å². The number of amides is 1. The summed E-state index contributed by atoms with van der Waals surface area (Å²) in [5.74, 6) is -2.76. The Morgan fingerprint density at radius 1 is 0.558 bits per heavy atom. The quantitative estimate of drug-likeness (QED) is 0.0179. The van der Waals surface area contributed by atoms with E-state index >= 15 is 0 Å². The molecule has 0 unspecified atom stereocenters. The first-order valence-corrected chi connectivity index (χ1v) is 21.8. The summed E-state index contributed by atoms with van der Waals surface area (Å²) >= 11 is 4.19. The molecule has 52 heavy (non-hydrogen) atoms. The van der Waals surface area contributed by atoms with Crippen molar-refractivity contribution in [3.63, 3.8) is 0 Å². The molecule has 0 aromatic rings. The number of aliphatic carboxylic acids is 1. The third-order valence-corrected chi connectivity index (χ3v) is 9.93. The van der Waals surface area contributed by atoms with Gasteiger partial charge in [-0.25, -0.2) is 4.79 Å². The average Bonchev–Trinajstić information content (AvgIpc) is 3.12. The van der Waals surface area contributed by atoms with Crippen LogP contribution in [0.2, 0.25) is 0 Å². The summed E-state index contributed by atoms with van der Waals surface area (Å²) in [6.07, 6.45) is 31.0. The number of carboxylic acids is 1. The fourth-order valence-electron chi connectivity index (χ4n) is 6.20. The molecular weight excluding hydrogens is 681 g/mol. The van der Waals surface area contributed by atoms with E-state index < -0.39 is 48.8 Å². The molecule has 0 rings (SSSR count). The summed E-state index contributed by atoms with van der Waals surface area (Å²) < 4.78 is 11.2. The first-order valence-electron chi connectivity index (χ1n) is 21.2. The number of ether oxygens (including phenoxy) is 2. The highest BCUT2D eigenvalue weighted by Gasteiger charge is 2.25. The van der Waals surface area contributed by atoms with Gasteiger partial charge >= 0.3 is 17.9 Å². The Kier molecular flexibility index (Phi) is 36.1. The fraction of sp³-hybridized carbons (Fsp3) is 0.902. The minimum absolute atomic E-state index is 0.0614. The van der Waals surface area contributed by atoms with Gasteiger partial charge in [0.25, 0.3) is 0 Å². The van der Waals surface area contributed by atoms with E-state index in [0.717, 1.165) is 25.7 Å². The van der Waals surface area contributed by atoms with Crippen LogP contribution < -0.4 is 10.6 Å². The minimum atomic E-state index is -1.43. The molecule has 0 aromatic carbocycles. The molecule has 0 bridgehead atoms. The van der Waals surface area contributed by atoms with Crippen molar-refractivity contribution in [1.29, 1.82) is 0 Å². The molecule has 10 nitrogen and oxygen atoms in total. The molecule has 0 fully saturated rings. The minimum Gasteiger partial charge on any atom is -0.480 e. The maximum absolute atomic E-state index is 12.7. The van der Waals surface area contributed by atoms with Gasteiger partial charge in [-0.3, -0.25) is 14.4 Å². The van der Waals surface area contributed by atoms with Crippen molar-refractivity contribution < 1.29 is 38.9 Å². The molecule has 0 saturated carbocycles. The van der Waals surface area contributed by atoms with Crippen molar-refractivity contribution in [2.45, 2.75) is 218 Å². The smallest absolute Gasteiger partial charge is 0.328 e. The van der Waals surface area contributed by atoms with Crippen molar-refractivity contribution in [1.82, 2.24) is 10.6 Å². The lowest BCUT2D eigenvalue weighted by Crippen LogP contribution is -2.52. The van der Waals surface area contributed by atoms with Gasteiger partial charge in [-0.1, -0.05) is 168 Å². The number of carbonyl (C=O) groups excluding carboxylic acids is 3. The summed E-state index contributed by atoms with van der Waals surface area (Å²) in [6.45, 7) is 3.89. The highest BCUT2D eigenvalue weighted by molar-refractivity contribution is 7.80. The first kappa shape index (κ1) is 50.1. The largest absolute Gasteiger partial charge is 0.480 e. The van der Waals surface area contributed by atoms with Crippen molar-refractivity contribution in [2.24, 2.45) is 0 Å². The van der Waals surface area contributed by atoms with Crippen molar-refractivity contribution >= 4 is 36.4 Å². The van der Waals surface area contributed by atoms with Crippen LogP contribution in [-0.2, 0) is 28.7 Å². The highest BCUT2D eigenvalue weighted by Crippen LogP contribution is 2.16. The molecule has 306 valence electrons. The second-order valence-corrected chi connectivity index (χ2v) is 14.8.